The third-order valence-electron chi connectivity index (χ3n) is 2.43. The lowest BCUT2D eigenvalue weighted by molar-refractivity contribution is 0.241. The summed E-state index contributed by atoms with van der Waals surface area (Å²) in [5.41, 5.74) is 1.14. The number of amides is 2. The molecule has 2 aromatic rings. The Morgan fingerprint density at radius 1 is 1.16 bits per heavy atom. The summed E-state index contributed by atoms with van der Waals surface area (Å²) in [6, 6.07) is 12.1. The predicted molar refractivity (Wildman–Crippen MR) is 81.7 cm³/mol. The largest absolute Gasteiger partial charge is 0.337 e. The van der Waals surface area contributed by atoms with Gasteiger partial charge in [-0.2, -0.15) is 11.3 Å². The SMILES string of the molecule is O=C(NCCSc1ccccc1)NCc1ccsc1. The zero-order valence-electron chi connectivity index (χ0n) is 10.5. The van der Waals surface area contributed by atoms with Crippen molar-refractivity contribution >= 4 is 29.1 Å². The van der Waals surface area contributed by atoms with Crippen molar-refractivity contribution in [2.75, 3.05) is 12.3 Å². The number of urea groups is 1. The van der Waals surface area contributed by atoms with E-state index in [2.05, 4.69) is 22.8 Å². The number of benzene rings is 1. The van der Waals surface area contributed by atoms with Crippen LogP contribution in [0.5, 0.6) is 0 Å². The van der Waals surface area contributed by atoms with E-state index in [4.69, 9.17) is 0 Å². The van der Waals surface area contributed by atoms with Gasteiger partial charge in [0, 0.05) is 23.7 Å². The van der Waals surface area contributed by atoms with E-state index in [9.17, 15) is 4.79 Å². The normalized spacial score (nSPS) is 10.1. The van der Waals surface area contributed by atoms with Crippen molar-refractivity contribution in [2.45, 2.75) is 11.4 Å². The molecule has 0 saturated carbocycles. The molecule has 5 heteroatoms. The van der Waals surface area contributed by atoms with Crippen LogP contribution >= 0.6 is 23.1 Å². The molecule has 0 fully saturated rings. The van der Waals surface area contributed by atoms with E-state index in [1.807, 2.05) is 35.0 Å². The van der Waals surface area contributed by atoms with Crippen LogP contribution in [0.3, 0.4) is 0 Å². The summed E-state index contributed by atoms with van der Waals surface area (Å²) in [7, 11) is 0. The first-order valence-electron chi connectivity index (χ1n) is 6.05. The van der Waals surface area contributed by atoms with Crippen molar-refractivity contribution in [3.8, 4) is 0 Å². The molecule has 0 aliphatic rings. The molecule has 1 aromatic carbocycles. The molecular weight excluding hydrogens is 276 g/mol. The zero-order valence-corrected chi connectivity index (χ0v) is 12.1. The fourth-order valence-electron chi connectivity index (χ4n) is 1.49. The highest BCUT2D eigenvalue weighted by Crippen LogP contribution is 2.15. The summed E-state index contributed by atoms with van der Waals surface area (Å²) in [6.45, 7) is 1.25. The molecule has 2 amide bonds. The maximum Gasteiger partial charge on any atom is 0.315 e. The lowest BCUT2D eigenvalue weighted by Crippen LogP contribution is -2.36. The van der Waals surface area contributed by atoms with Crippen LogP contribution < -0.4 is 10.6 Å². The number of carbonyl (C=O) groups excluding carboxylic acids is 1. The van der Waals surface area contributed by atoms with Gasteiger partial charge in [-0.3, -0.25) is 0 Å². The molecule has 0 unspecified atom stereocenters. The Bertz CT molecular complexity index is 485. The molecule has 0 aliphatic carbocycles. The van der Waals surface area contributed by atoms with Crippen LogP contribution in [0.25, 0.3) is 0 Å². The summed E-state index contributed by atoms with van der Waals surface area (Å²) in [5.74, 6) is 0.871. The molecule has 19 heavy (non-hydrogen) atoms. The second-order valence-electron chi connectivity index (χ2n) is 3.90. The van der Waals surface area contributed by atoms with Crippen LogP contribution in [0.15, 0.2) is 52.1 Å². The fraction of sp³-hybridized carbons (Fsp3) is 0.214. The number of thioether (sulfide) groups is 1. The number of nitrogens with one attached hydrogen (secondary N) is 2. The van der Waals surface area contributed by atoms with Crippen molar-refractivity contribution in [3.05, 3.63) is 52.7 Å². The second kappa shape index (κ2) is 7.86. The van der Waals surface area contributed by atoms with E-state index in [1.165, 1.54) is 4.90 Å². The Labute approximate surface area is 121 Å². The first-order chi connectivity index (χ1) is 9.34. The van der Waals surface area contributed by atoms with Gasteiger partial charge in [0.25, 0.3) is 0 Å². The molecule has 2 N–H and O–H groups in total. The molecule has 0 saturated heterocycles. The van der Waals surface area contributed by atoms with E-state index in [1.54, 1.807) is 23.1 Å². The fourth-order valence-corrected chi connectivity index (χ4v) is 2.95. The predicted octanol–water partition coefficient (Wildman–Crippen LogP) is 3.34. The first-order valence-corrected chi connectivity index (χ1v) is 7.98. The van der Waals surface area contributed by atoms with Crippen molar-refractivity contribution in [2.24, 2.45) is 0 Å². The van der Waals surface area contributed by atoms with Gasteiger partial charge in [0.2, 0.25) is 0 Å². The highest BCUT2D eigenvalue weighted by molar-refractivity contribution is 7.99. The van der Waals surface area contributed by atoms with Crippen LogP contribution in [0, 0.1) is 0 Å². The van der Waals surface area contributed by atoms with Gasteiger partial charge < -0.3 is 10.6 Å². The molecule has 0 aliphatic heterocycles. The molecule has 0 atom stereocenters. The van der Waals surface area contributed by atoms with E-state index < -0.39 is 0 Å². The lowest BCUT2D eigenvalue weighted by Gasteiger charge is -2.06. The molecule has 0 radical (unpaired) electrons. The average molecular weight is 292 g/mol. The topological polar surface area (TPSA) is 41.1 Å². The molecule has 100 valence electrons. The van der Waals surface area contributed by atoms with Crippen LogP contribution in [-0.4, -0.2) is 18.3 Å². The smallest absolute Gasteiger partial charge is 0.315 e. The van der Waals surface area contributed by atoms with Gasteiger partial charge in [-0.25, -0.2) is 4.79 Å². The number of carbonyl (C=O) groups is 1. The number of rotatable bonds is 6. The van der Waals surface area contributed by atoms with Gasteiger partial charge in [-0.05, 0) is 34.5 Å². The van der Waals surface area contributed by atoms with E-state index in [0.717, 1.165) is 11.3 Å². The first kappa shape index (κ1) is 14.0. The van der Waals surface area contributed by atoms with Gasteiger partial charge in [0.1, 0.15) is 0 Å². The minimum atomic E-state index is -0.111. The van der Waals surface area contributed by atoms with Crippen LogP contribution in [0.4, 0.5) is 4.79 Å². The van der Waals surface area contributed by atoms with E-state index in [-0.39, 0.29) is 6.03 Å². The molecule has 1 aromatic heterocycles. The number of thiophene rings is 1. The van der Waals surface area contributed by atoms with E-state index in [0.29, 0.717) is 13.1 Å². The van der Waals surface area contributed by atoms with Gasteiger partial charge in [-0.15, -0.1) is 11.8 Å². The summed E-state index contributed by atoms with van der Waals surface area (Å²) < 4.78 is 0. The Kier molecular flexibility index (Phi) is 5.78. The maximum absolute atomic E-state index is 11.5. The van der Waals surface area contributed by atoms with Crippen molar-refractivity contribution in [1.29, 1.82) is 0 Å². The van der Waals surface area contributed by atoms with Crippen LogP contribution in [0.2, 0.25) is 0 Å². The minimum Gasteiger partial charge on any atom is -0.337 e. The second-order valence-corrected chi connectivity index (χ2v) is 5.85. The number of hydrogen-bond acceptors (Lipinski definition) is 3. The third-order valence-corrected chi connectivity index (χ3v) is 4.18. The molecule has 2 rings (SSSR count). The number of hydrogen-bond donors (Lipinski definition) is 2. The van der Waals surface area contributed by atoms with Gasteiger partial charge in [-0.1, -0.05) is 18.2 Å². The molecule has 0 bridgehead atoms. The summed E-state index contributed by atoms with van der Waals surface area (Å²) in [6.07, 6.45) is 0. The zero-order chi connectivity index (χ0) is 13.3. The van der Waals surface area contributed by atoms with E-state index >= 15 is 0 Å². The Balaban J connectivity index is 1.57. The van der Waals surface area contributed by atoms with Gasteiger partial charge in [0.05, 0.1) is 0 Å². The molecule has 3 nitrogen and oxygen atoms in total. The quantitative estimate of drug-likeness (QED) is 0.633. The van der Waals surface area contributed by atoms with Crippen LogP contribution in [-0.2, 0) is 6.54 Å². The van der Waals surface area contributed by atoms with Gasteiger partial charge in [0.15, 0.2) is 0 Å². The summed E-state index contributed by atoms with van der Waals surface area (Å²) >= 11 is 3.37. The maximum atomic E-state index is 11.5. The monoisotopic (exact) mass is 292 g/mol. The summed E-state index contributed by atoms with van der Waals surface area (Å²) in [4.78, 5) is 12.7. The van der Waals surface area contributed by atoms with Crippen molar-refractivity contribution in [1.82, 2.24) is 10.6 Å². The highest BCUT2D eigenvalue weighted by atomic mass is 32.2. The third kappa shape index (κ3) is 5.36. The van der Waals surface area contributed by atoms with Gasteiger partial charge >= 0.3 is 6.03 Å². The Morgan fingerprint density at radius 2 is 2.00 bits per heavy atom. The molecule has 0 spiro atoms. The van der Waals surface area contributed by atoms with Crippen molar-refractivity contribution in [3.63, 3.8) is 0 Å². The van der Waals surface area contributed by atoms with Crippen molar-refractivity contribution < 1.29 is 4.79 Å². The Hall–Kier alpha value is -1.46. The van der Waals surface area contributed by atoms with Crippen LogP contribution in [0.1, 0.15) is 5.56 Å². The summed E-state index contributed by atoms with van der Waals surface area (Å²) in [5, 5.41) is 9.72. The molecular formula is C14H16N2OS2. The standard InChI is InChI=1S/C14H16N2OS2/c17-14(16-10-12-6-8-18-11-12)15-7-9-19-13-4-2-1-3-5-13/h1-6,8,11H,7,9-10H2,(H2,15,16,17). The Morgan fingerprint density at radius 3 is 2.74 bits per heavy atom. The lowest BCUT2D eigenvalue weighted by atomic mass is 10.3. The highest BCUT2D eigenvalue weighted by Gasteiger charge is 2.00. The molecule has 1 heterocycles. The minimum absolute atomic E-state index is 0.111. The average Bonchev–Trinajstić information content (AvgIpc) is 2.96.